The van der Waals surface area contributed by atoms with Crippen LogP contribution in [-0.2, 0) is 22.7 Å². The van der Waals surface area contributed by atoms with Crippen LogP contribution in [0.1, 0.15) is 41.8 Å². The molecule has 3 aromatic rings. The summed E-state index contributed by atoms with van der Waals surface area (Å²) < 4.78 is 68.4. The van der Waals surface area contributed by atoms with E-state index in [2.05, 4.69) is 14.7 Å². The summed E-state index contributed by atoms with van der Waals surface area (Å²) in [5, 5.41) is 0. The third kappa shape index (κ3) is 4.14. The first-order valence-electron chi connectivity index (χ1n) is 8.79. The second-order valence-electron chi connectivity index (χ2n) is 6.50. The zero-order valence-corrected chi connectivity index (χ0v) is 16.8. The summed E-state index contributed by atoms with van der Waals surface area (Å²) in [4.78, 5) is 18.9. The van der Waals surface area contributed by atoms with Gasteiger partial charge in [-0.3, -0.25) is 4.79 Å². The molecule has 2 aromatic heterocycles. The Morgan fingerprint density at radius 3 is 2.50 bits per heavy atom. The van der Waals surface area contributed by atoms with Gasteiger partial charge < -0.3 is 10.3 Å². The molecule has 0 aliphatic carbocycles. The van der Waals surface area contributed by atoms with E-state index >= 15 is 0 Å². The molecule has 3 rings (SSSR count). The Kier molecular flexibility index (Phi) is 5.56. The van der Waals surface area contributed by atoms with Crippen LogP contribution in [-0.4, -0.2) is 28.9 Å². The third-order valence-corrected chi connectivity index (χ3v) is 5.97. The lowest BCUT2D eigenvalue weighted by molar-refractivity contribution is -0.137. The number of carbonyl (C=O) groups is 1. The minimum Gasteiger partial charge on any atom is -0.364 e. The number of primary amides is 1. The van der Waals surface area contributed by atoms with E-state index in [-0.39, 0.29) is 28.5 Å². The lowest BCUT2D eigenvalue weighted by Gasteiger charge is -2.16. The van der Waals surface area contributed by atoms with Crippen LogP contribution in [0.15, 0.2) is 41.4 Å². The summed E-state index contributed by atoms with van der Waals surface area (Å²) in [6.45, 7) is 3.54. The number of fused-ring (bicyclic) bond motifs is 1. The highest BCUT2D eigenvalue weighted by molar-refractivity contribution is 7.89. The number of hydrogen-bond acceptors (Lipinski definition) is 5. The van der Waals surface area contributed by atoms with Gasteiger partial charge in [0, 0.05) is 12.7 Å². The number of rotatable bonds is 6. The Balaban J connectivity index is 1.96. The molecule has 0 aliphatic rings. The van der Waals surface area contributed by atoms with Crippen LogP contribution in [0, 0.1) is 0 Å². The van der Waals surface area contributed by atoms with Crippen molar-refractivity contribution >= 4 is 27.0 Å². The summed E-state index contributed by atoms with van der Waals surface area (Å²) in [5.74, 6) is -0.535. The normalized spacial score (nSPS) is 13.5. The average Bonchev–Trinajstić information content (AvgIpc) is 3.05. The van der Waals surface area contributed by atoms with Gasteiger partial charge in [0.2, 0.25) is 10.0 Å². The van der Waals surface area contributed by atoms with Crippen LogP contribution in [0.4, 0.5) is 13.2 Å². The smallest absolute Gasteiger partial charge is 0.364 e. The molecule has 2 heterocycles. The Hall–Kier alpha value is -2.99. The summed E-state index contributed by atoms with van der Waals surface area (Å²) in [5.41, 5.74) is 4.75. The number of pyridine rings is 1. The molecular weight excluding hydrogens is 423 g/mol. The molecule has 3 N–H and O–H groups in total. The van der Waals surface area contributed by atoms with Gasteiger partial charge in [0.1, 0.15) is 16.4 Å². The van der Waals surface area contributed by atoms with Crippen molar-refractivity contribution in [1.82, 2.24) is 19.3 Å². The van der Waals surface area contributed by atoms with Gasteiger partial charge in [-0.1, -0.05) is 0 Å². The maximum Gasteiger partial charge on any atom is 0.416 e. The number of imidazole rings is 1. The third-order valence-electron chi connectivity index (χ3n) is 4.44. The fourth-order valence-corrected chi connectivity index (χ4v) is 4.16. The number of hydrogen-bond donors (Lipinski definition) is 2. The van der Waals surface area contributed by atoms with Crippen molar-refractivity contribution in [3.8, 4) is 0 Å². The molecule has 0 saturated carbocycles. The molecule has 0 fully saturated rings. The predicted molar refractivity (Wildman–Crippen MR) is 102 cm³/mol. The fourth-order valence-electron chi connectivity index (χ4n) is 3.02. The van der Waals surface area contributed by atoms with Gasteiger partial charge in [-0.15, -0.1) is 0 Å². The fraction of sp³-hybridized carbons (Fsp3) is 0.278. The van der Waals surface area contributed by atoms with Crippen molar-refractivity contribution in [3.05, 3.63) is 53.6 Å². The van der Waals surface area contributed by atoms with E-state index in [1.54, 1.807) is 6.92 Å². The van der Waals surface area contributed by atoms with Crippen LogP contribution in [0.25, 0.3) is 11.0 Å². The number of carbonyl (C=O) groups excluding carboxylic acids is 1. The number of halogens is 3. The molecule has 0 unspecified atom stereocenters. The van der Waals surface area contributed by atoms with E-state index in [9.17, 15) is 26.4 Å². The van der Waals surface area contributed by atoms with E-state index < -0.39 is 33.7 Å². The van der Waals surface area contributed by atoms with E-state index in [0.717, 1.165) is 18.3 Å². The van der Waals surface area contributed by atoms with Crippen molar-refractivity contribution in [1.29, 1.82) is 0 Å². The second kappa shape index (κ2) is 7.69. The Labute approximate surface area is 170 Å². The monoisotopic (exact) mass is 441 g/mol. The van der Waals surface area contributed by atoms with Crippen LogP contribution in [0.3, 0.4) is 0 Å². The number of nitrogens with one attached hydrogen (secondary N) is 1. The summed E-state index contributed by atoms with van der Waals surface area (Å²) in [6, 6.07) is 4.68. The number of nitrogens with two attached hydrogens (primary N) is 1. The van der Waals surface area contributed by atoms with Gasteiger partial charge in [-0.2, -0.15) is 13.2 Å². The lowest BCUT2D eigenvalue weighted by Crippen LogP contribution is -2.29. The van der Waals surface area contributed by atoms with Crippen molar-refractivity contribution in [3.63, 3.8) is 0 Å². The van der Waals surface area contributed by atoms with Crippen molar-refractivity contribution in [2.45, 2.75) is 37.5 Å². The largest absolute Gasteiger partial charge is 0.416 e. The first kappa shape index (κ1) is 21.7. The van der Waals surface area contributed by atoms with E-state index in [1.165, 1.54) is 29.7 Å². The number of nitrogens with zero attached hydrogens (tertiary/aromatic N) is 3. The Morgan fingerprint density at radius 2 is 1.97 bits per heavy atom. The van der Waals surface area contributed by atoms with Gasteiger partial charge in [0.25, 0.3) is 5.91 Å². The van der Waals surface area contributed by atoms with Crippen LogP contribution in [0.5, 0.6) is 0 Å². The van der Waals surface area contributed by atoms with Crippen molar-refractivity contribution in [2.75, 3.05) is 0 Å². The molecule has 1 aromatic carbocycles. The molecule has 1 amide bonds. The average molecular weight is 441 g/mol. The van der Waals surface area contributed by atoms with Crippen LogP contribution < -0.4 is 10.5 Å². The molecule has 12 heteroatoms. The molecule has 8 nitrogen and oxygen atoms in total. The van der Waals surface area contributed by atoms with E-state index in [4.69, 9.17) is 5.73 Å². The van der Waals surface area contributed by atoms with Crippen LogP contribution in [0.2, 0.25) is 0 Å². The summed E-state index contributed by atoms with van der Waals surface area (Å²) in [7, 11) is -4.04. The SMILES string of the molecule is CCn1c([C@@H](C)NS(=O)(=O)c2ccc(C(N)=O)nc2)nc2ccc(C(F)(F)F)cc21. The Morgan fingerprint density at radius 1 is 1.27 bits per heavy atom. The molecule has 0 radical (unpaired) electrons. The second-order valence-corrected chi connectivity index (χ2v) is 8.22. The number of sulfonamides is 1. The molecule has 0 saturated heterocycles. The Bertz CT molecular complexity index is 1200. The highest BCUT2D eigenvalue weighted by Gasteiger charge is 2.31. The highest BCUT2D eigenvalue weighted by Crippen LogP contribution is 2.32. The molecule has 0 aliphatic heterocycles. The number of alkyl halides is 3. The number of benzene rings is 1. The zero-order valence-electron chi connectivity index (χ0n) is 15.9. The summed E-state index contributed by atoms with van der Waals surface area (Å²) in [6.07, 6.45) is -3.51. The minimum atomic E-state index is -4.51. The van der Waals surface area contributed by atoms with Gasteiger partial charge in [0.05, 0.1) is 22.6 Å². The quantitative estimate of drug-likeness (QED) is 0.609. The molecule has 0 spiro atoms. The zero-order chi connectivity index (χ0) is 22.3. The van der Waals surface area contributed by atoms with Gasteiger partial charge in [-0.25, -0.2) is 23.1 Å². The highest BCUT2D eigenvalue weighted by atomic mass is 32.2. The van der Waals surface area contributed by atoms with Gasteiger partial charge in [0.15, 0.2) is 0 Å². The van der Waals surface area contributed by atoms with Crippen molar-refractivity contribution in [2.24, 2.45) is 5.73 Å². The maximum absolute atomic E-state index is 13.0. The van der Waals surface area contributed by atoms with Crippen molar-refractivity contribution < 1.29 is 26.4 Å². The molecule has 1 atom stereocenters. The topological polar surface area (TPSA) is 120 Å². The number of aromatic nitrogens is 3. The first-order chi connectivity index (χ1) is 13.9. The molecule has 0 bridgehead atoms. The molecule has 160 valence electrons. The van der Waals surface area contributed by atoms with Crippen LogP contribution >= 0.6 is 0 Å². The summed E-state index contributed by atoms with van der Waals surface area (Å²) >= 11 is 0. The molecular formula is C18H18F3N5O3S. The van der Waals surface area contributed by atoms with Gasteiger partial charge in [-0.05, 0) is 44.2 Å². The van der Waals surface area contributed by atoms with E-state index in [0.29, 0.717) is 5.52 Å². The predicted octanol–water partition coefficient (Wildman–Crippen LogP) is 2.61. The minimum absolute atomic E-state index is 0.0877. The van der Waals surface area contributed by atoms with Gasteiger partial charge >= 0.3 is 6.18 Å². The van der Waals surface area contributed by atoms with E-state index in [1.807, 2.05) is 0 Å². The standard InChI is InChI=1S/C18H18F3N5O3S/c1-3-26-15-8-11(18(19,20)21)4-6-13(15)24-17(26)10(2)25-30(28,29)12-5-7-14(16(22)27)23-9-12/h4-10,25H,3H2,1-2H3,(H2,22,27)/t10-/m1/s1. The number of amides is 1. The maximum atomic E-state index is 13.0. The lowest BCUT2D eigenvalue weighted by atomic mass is 10.2. The number of aryl methyl sites for hydroxylation is 1. The molecule has 30 heavy (non-hydrogen) atoms. The first-order valence-corrected chi connectivity index (χ1v) is 10.3.